The van der Waals surface area contributed by atoms with Crippen LogP contribution in [0.1, 0.15) is 18.6 Å². The van der Waals surface area contributed by atoms with Crippen LogP contribution in [0.5, 0.6) is 11.5 Å². The number of carbonyl (C=O) groups is 1. The molecular formula is C26H27N3O6S2. The molecule has 1 saturated heterocycles. The number of fused-ring (bicyclic) bond motifs is 1. The minimum Gasteiger partial charge on any atom is -0.497 e. The molecule has 4 aromatic rings. The second-order valence-electron chi connectivity index (χ2n) is 8.69. The molecule has 9 nitrogen and oxygen atoms in total. The van der Waals surface area contributed by atoms with Crippen molar-refractivity contribution in [2.45, 2.75) is 24.3 Å². The average Bonchev–Trinajstić information content (AvgIpc) is 3.60. The molecule has 2 aromatic carbocycles. The van der Waals surface area contributed by atoms with Crippen molar-refractivity contribution in [1.29, 1.82) is 0 Å². The minimum atomic E-state index is -3.66. The number of carbonyl (C=O) groups excluding carboxylic acids is 1. The van der Waals surface area contributed by atoms with E-state index in [2.05, 4.69) is 0 Å². The van der Waals surface area contributed by atoms with Gasteiger partial charge in [0.1, 0.15) is 17.3 Å². The topological polar surface area (TPSA) is 102 Å². The van der Waals surface area contributed by atoms with Crippen LogP contribution in [0.4, 0.5) is 5.13 Å². The summed E-state index contributed by atoms with van der Waals surface area (Å²) in [5.74, 6) is 1.53. The van der Waals surface area contributed by atoms with Gasteiger partial charge >= 0.3 is 0 Å². The molecule has 1 aliphatic heterocycles. The van der Waals surface area contributed by atoms with Crippen LogP contribution >= 0.6 is 11.3 Å². The lowest BCUT2D eigenvalue weighted by molar-refractivity contribution is -0.123. The largest absolute Gasteiger partial charge is 0.497 e. The number of hydrogen-bond acceptors (Lipinski definition) is 8. The SMILES string of the molecule is COc1ccc(S(=O)(=O)N2CCC(C(=O)N(Cc3ccco3)c3nc4ccc(OC)cc4s3)CC2)cc1. The Morgan fingerprint density at radius 3 is 2.43 bits per heavy atom. The zero-order chi connectivity index (χ0) is 26.0. The smallest absolute Gasteiger partial charge is 0.243 e. The number of rotatable bonds is 8. The van der Waals surface area contributed by atoms with Crippen LogP contribution in [0, 0.1) is 5.92 Å². The van der Waals surface area contributed by atoms with Crippen molar-refractivity contribution in [1.82, 2.24) is 9.29 Å². The van der Waals surface area contributed by atoms with E-state index in [1.807, 2.05) is 24.3 Å². The molecule has 1 amide bonds. The quantitative estimate of drug-likeness (QED) is 0.323. The summed E-state index contributed by atoms with van der Waals surface area (Å²) in [6.45, 7) is 0.764. The molecular weight excluding hydrogens is 514 g/mol. The maximum absolute atomic E-state index is 13.8. The normalized spacial score (nSPS) is 15.1. The number of thiazole rings is 1. The molecule has 37 heavy (non-hydrogen) atoms. The molecule has 194 valence electrons. The minimum absolute atomic E-state index is 0.0936. The van der Waals surface area contributed by atoms with Crippen LogP contribution in [-0.4, -0.2) is 50.9 Å². The zero-order valence-corrected chi connectivity index (χ0v) is 22.1. The fourth-order valence-corrected chi connectivity index (χ4v) is 6.86. The van der Waals surface area contributed by atoms with E-state index in [1.165, 1.54) is 22.8 Å². The Balaban J connectivity index is 1.34. The Kier molecular flexibility index (Phi) is 7.18. The summed E-state index contributed by atoms with van der Waals surface area (Å²) >= 11 is 1.41. The Hall–Kier alpha value is -3.41. The van der Waals surface area contributed by atoms with Crippen molar-refractivity contribution < 1.29 is 27.1 Å². The molecule has 5 rings (SSSR count). The number of amides is 1. The highest BCUT2D eigenvalue weighted by Crippen LogP contribution is 2.34. The summed E-state index contributed by atoms with van der Waals surface area (Å²) in [6, 6.07) is 15.5. The Labute approximate surface area is 219 Å². The first kappa shape index (κ1) is 25.2. The highest BCUT2D eigenvalue weighted by molar-refractivity contribution is 7.89. The summed E-state index contributed by atoms with van der Waals surface area (Å²) in [5, 5.41) is 0.568. The second kappa shape index (κ2) is 10.5. The third-order valence-electron chi connectivity index (χ3n) is 6.48. The van der Waals surface area contributed by atoms with Gasteiger partial charge in [-0.25, -0.2) is 13.4 Å². The van der Waals surface area contributed by atoms with Gasteiger partial charge in [-0.2, -0.15) is 4.31 Å². The molecule has 0 aliphatic carbocycles. The van der Waals surface area contributed by atoms with Gasteiger partial charge in [-0.3, -0.25) is 9.69 Å². The van der Waals surface area contributed by atoms with Crippen LogP contribution in [0.3, 0.4) is 0 Å². The summed E-state index contributed by atoms with van der Waals surface area (Å²) in [6.07, 6.45) is 2.41. The van der Waals surface area contributed by atoms with Crippen molar-refractivity contribution >= 4 is 42.6 Å². The number of furan rings is 1. The average molecular weight is 542 g/mol. The molecule has 11 heteroatoms. The number of methoxy groups -OCH3 is 2. The zero-order valence-electron chi connectivity index (χ0n) is 20.5. The standard InChI is InChI=1S/C26H27N3O6S2/c1-33-19-5-8-22(9-6-19)37(31,32)28-13-11-18(12-14-28)25(30)29(17-21-4-3-15-35-21)26-27-23-10-7-20(34-2)16-24(23)36-26/h3-10,15-16,18H,11-14,17H2,1-2H3. The predicted octanol–water partition coefficient (Wildman–Crippen LogP) is 4.54. The monoisotopic (exact) mass is 541 g/mol. The summed E-state index contributed by atoms with van der Waals surface area (Å²) in [5.41, 5.74) is 0.776. The van der Waals surface area contributed by atoms with Crippen molar-refractivity contribution in [2.24, 2.45) is 5.92 Å². The van der Waals surface area contributed by atoms with E-state index in [-0.39, 0.29) is 36.4 Å². The van der Waals surface area contributed by atoms with Gasteiger partial charge in [-0.1, -0.05) is 11.3 Å². The lowest BCUT2D eigenvalue weighted by atomic mass is 9.96. The molecule has 0 bridgehead atoms. The van der Waals surface area contributed by atoms with Crippen molar-refractivity contribution in [2.75, 3.05) is 32.2 Å². The van der Waals surface area contributed by atoms with Crippen LogP contribution in [-0.2, 0) is 21.4 Å². The van der Waals surface area contributed by atoms with Gasteiger partial charge in [0.15, 0.2) is 5.13 Å². The van der Waals surface area contributed by atoms with E-state index in [9.17, 15) is 13.2 Å². The molecule has 0 spiro atoms. The van der Waals surface area contributed by atoms with Gasteiger partial charge in [0, 0.05) is 19.0 Å². The predicted molar refractivity (Wildman–Crippen MR) is 141 cm³/mol. The van der Waals surface area contributed by atoms with Gasteiger partial charge in [0.2, 0.25) is 15.9 Å². The molecule has 1 aliphatic rings. The van der Waals surface area contributed by atoms with Crippen molar-refractivity contribution in [3.63, 3.8) is 0 Å². The molecule has 3 heterocycles. The number of anilines is 1. The molecule has 1 fully saturated rings. The number of hydrogen-bond donors (Lipinski definition) is 0. The highest BCUT2D eigenvalue weighted by Gasteiger charge is 2.35. The molecule has 0 unspecified atom stereocenters. The number of sulfonamides is 1. The maximum Gasteiger partial charge on any atom is 0.243 e. The van der Waals surface area contributed by atoms with Crippen molar-refractivity contribution in [3.8, 4) is 11.5 Å². The highest BCUT2D eigenvalue weighted by atomic mass is 32.2. The fraction of sp³-hybridized carbons (Fsp3) is 0.308. The lowest BCUT2D eigenvalue weighted by Crippen LogP contribution is -2.44. The van der Waals surface area contributed by atoms with Gasteiger partial charge in [-0.05, 0) is 67.4 Å². The van der Waals surface area contributed by atoms with Gasteiger partial charge in [-0.15, -0.1) is 0 Å². The molecule has 0 radical (unpaired) electrons. The first-order valence-electron chi connectivity index (χ1n) is 11.8. The van der Waals surface area contributed by atoms with Gasteiger partial charge in [0.05, 0.1) is 42.1 Å². The Morgan fingerprint density at radius 1 is 1.08 bits per heavy atom. The second-order valence-corrected chi connectivity index (χ2v) is 11.6. The summed E-state index contributed by atoms with van der Waals surface area (Å²) in [4.78, 5) is 20.3. The molecule has 0 atom stereocenters. The Bertz CT molecular complexity index is 1470. The van der Waals surface area contributed by atoms with E-state index in [4.69, 9.17) is 18.9 Å². The summed E-state index contributed by atoms with van der Waals surface area (Å²) < 4.78 is 44.6. The summed E-state index contributed by atoms with van der Waals surface area (Å²) in [7, 11) is -0.516. The van der Waals surface area contributed by atoms with E-state index in [0.29, 0.717) is 29.5 Å². The fourth-order valence-electron chi connectivity index (χ4n) is 4.39. The van der Waals surface area contributed by atoms with Gasteiger partial charge < -0.3 is 13.9 Å². The number of ether oxygens (including phenoxy) is 2. The van der Waals surface area contributed by atoms with Crippen LogP contribution in [0.15, 0.2) is 70.2 Å². The van der Waals surface area contributed by atoms with E-state index >= 15 is 0 Å². The number of benzene rings is 2. The number of piperidine rings is 1. The number of nitrogens with zero attached hydrogens (tertiary/aromatic N) is 3. The van der Waals surface area contributed by atoms with E-state index in [0.717, 1.165) is 16.0 Å². The molecule has 0 saturated carbocycles. The van der Waals surface area contributed by atoms with Gasteiger partial charge in [0.25, 0.3) is 0 Å². The number of aromatic nitrogens is 1. The Morgan fingerprint density at radius 2 is 1.78 bits per heavy atom. The molecule has 2 aromatic heterocycles. The molecule has 0 N–H and O–H groups in total. The lowest BCUT2D eigenvalue weighted by Gasteiger charge is -2.32. The maximum atomic E-state index is 13.8. The third kappa shape index (κ3) is 5.20. The first-order valence-corrected chi connectivity index (χ1v) is 14.1. The van der Waals surface area contributed by atoms with E-state index < -0.39 is 10.0 Å². The first-order chi connectivity index (χ1) is 17.9. The van der Waals surface area contributed by atoms with Crippen molar-refractivity contribution in [3.05, 3.63) is 66.6 Å². The van der Waals surface area contributed by atoms with Crippen LogP contribution < -0.4 is 14.4 Å². The van der Waals surface area contributed by atoms with Crippen LogP contribution in [0.2, 0.25) is 0 Å². The third-order valence-corrected chi connectivity index (χ3v) is 9.43. The van der Waals surface area contributed by atoms with Crippen LogP contribution in [0.25, 0.3) is 10.2 Å². The van der Waals surface area contributed by atoms with E-state index in [1.54, 1.807) is 48.6 Å².